The number of nitrogens with zero attached hydrogens (tertiary/aromatic N) is 4. The topological polar surface area (TPSA) is 78.9 Å². The summed E-state index contributed by atoms with van der Waals surface area (Å²) < 4.78 is 8.66. The molecule has 7 heteroatoms. The van der Waals surface area contributed by atoms with Crippen molar-refractivity contribution in [3.05, 3.63) is 84.4 Å². The fraction of sp³-hybridized carbons (Fsp3) is 0.241. The van der Waals surface area contributed by atoms with Crippen LogP contribution in [0, 0.1) is 5.92 Å². The van der Waals surface area contributed by atoms with Crippen molar-refractivity contribution >= 4 is 28.1 Å². The molecule has 0 bridgehead atoms. The van der Waals surface area contributed by atoms with Crippen molar-refractivity contribution in [2.45, 2.75) is 38.8 Å². The van der Waals surface area contributed by atoms with Crippen molar-refractivity contribution in [3.63, 3.8) is 0 Å². The maximum atomic E-state index is 6.53. The number of hydrogen-bond donors (Lipinski definition) is 1. The molecular weight excluding hydrogens is 466 g/mol. The Kier molecular flexibility index (Phi) is 5.45. The van der Waals surface area contributed by atoms with Gasteiger partial charge in [-0.3, -0.25) is 14.6 Å². The lowest BCUT2D eigenvalue weighted by Crippen LogP contribution is -2.42. The lowest BCUT2D eigenvalue weighted by Gasteiger charge is -2.36. The molecule has 0 saturated carbocycles. The first kappa shape index (κ1) is 22.6. The molecule has 0 amide bonds. The molecule has 2 aliphatic rings. The zero-order valence-electron chi connectivity index (χ0n) is 20.3. The van der Waals surface area contributed by atoms with Crippen LogP contribution in [0.1, 0.15) is 26.0 Å². The van der Waals surface area contributed by atoms with E-state index in [4.69, 9.17) is 32.8 Å². The largest absolute Gasteiger partial charge is 0.483 e. The van der Waals surface area contributed by atoms with Crippen LogP contribution in [-0.2, 0) is 13.0 Å². The first-order chi connectivity index (χ1) is 17.4. The molecule has 1 aliphatic carbocycles. The number of pyridine rings is 2. The molecule has 4 aromatic rings. The number of benzene rings is 1. The third-order valence-corrected chi connectivity index (χ3v) is 7.62. The van der Waals surface area contributed by atoms with Gasteiger partial charge in [0.2, 0.25) is 0 Å². The van der Waals surface area contributed by atoms with E-state index in [0.29, 0.717) is 4.99 Å². The molecular formula is C29H27N5OS. The first-order valence-corrected chi connectivity index (χ1v) is 12.6. The standard InChI is InChI=1S/C29H27N5OS/c1-18-20(28(30)36)7-5-13-29(18,2)35-19-10-11-21-22(12-15-32-24(21)17-19)26-25-9-6-16-34(25)33-27(26)23-8-3-4-14-31-23/h3-5,7-8,10-15,17-18H,6,9,16H2,1-2H3,(H2,30,36). The fourth-order valence-electron chi connectivity index (χ4n) is 5.32. The summed E-state index contributed by atoms with van der Waals surface area (Å²) in [5.74, 6) is 0.770. The van der Waals surface area contributed by atoms with Crippen LogP contribution >= 0.6 is 12.2 Å². The zero-order valence-corrected chi connectivity index (χ0v) is 21.1. The quantitative estimate of drug-likeness (QED) is 0.361. The molecule has 0 spiro atoms. The van der Waals surface area contributed by atoms with Gasteiger partial charge >= 0.3 is 0 Å². The van der Waals surface area contributed by atoms with Gasteiger partial charge in [-0.1, -0.05) is 37.4 Å². The van der Waals surface area contributed by atoms with Crippen molar-refractivity contribution in [3.8, 4) is 28.3 Å². The number of thiocarbonyl (C=S) groups is 1. The molecule has 36 heavy (non-hydrogen) atoms. The number of hydrogen-bond acceptors (Lipinski definition) is 5. The van der Waals surface area contributed by atoms with E-state index in [1.54, 1.807) is 0 Å². The minimum absolute atomic E-state index is 0.0194. The molecule has 2 N–H and O–H groups in total. The average Bonchev–Trinajstić information content (AvgIpc) is 3.47. The molecule has 0 radical (unpaired) electrons. The summed E-state index contributed by atoms with van der Waals surface area (Å²) in [5, 5.41) is 6.01. The summed E-state index contributed by atoms with van der Waals surface area (Å²) in [6, 6.07) is 14.2. The highest BCUT2D eigenvalue weighted by Gasteiger charge is 2.36. The smallest absolute Gasteiger partial charge is 0.131 e. The van der Waals surface area contributed by atoms with Gasteiger partial charge in [0.25, 0.3) is 0 Å². The highest BCUT2D eigenvalue weighted by atomic mass is 32.1. The van der Waals surface area contributed by atoms with E-state index < -0.39 is 5.60 Å². The fourth-order valence-corrected chi connectivity index (χ4v) is 5.56. The van der Waals surface area contributed by atoms with Crippen molar-refractivity contribution in [2.75, 3.05) is 0 Å². The second kappa shape index (κ2) is 8.68. The maximum Gasteiger partial charge on any atom is 0.131 e. The van der Waals surface area contributed by atoms with Crippen LogP contribution in [0.5, 0.6) is 5.75 Å². The Morgan fingerprint density at radius 2 is 2.06 bits per heavy atom. The Balaban J connectivity index is 1.42. The van der Waals surface area contributed by atoms with E-state index in [1.807, 2.05) is 54.9 Å². The maximum absolute atomic E-state index is 6.53. The predicted octanol–water partition coefficient (Wildman–Crippen LogP) is 5.66. The molecule has 4 heterocycles. The van der Waals surface area contributed by atoms with Crippen LogP contribution in [0.25, 0.3) is 33.4 Å². The normalized spacial score (nSPS) is 20.8. The molecule has 2 atom stereocenters. The minimum Gasteiger partial charge on any atom is -0.483 e. The number of aromatic nitrogens is 4. The molecule has 3 aromatic heterocycles. The second-order valence-corrected chi connectivity index (χ2v) is 10.0. The second-order valence-electron chi connectivity index (χ2n) is 9.60. The number of allylic oxidation sites excluding steroid dienone is 2. The monoisotopic (exact) mass is 493 g/mol. The van der Waals surface area contributed by atoms with Crippen LogP contribution in [0.4, 0.5) is 0 Å². The van der Waals surface area contributed by atoms with Gasteiger partial charge < -0.3 is 10.5 Å². The van der Waals surface area contributed by atoms with Gasteiger partial charge in [0.05, 0.1) is 16.2 Å². The molecule has 2 unspecified atom stereocenters. The van der Waals surface area contributed by atoms with Gasteiger partial charge in [-0.15, -0.1) is 0 Å². The third-order valence-electron chi connectivity index (χ3n) is 7.38. The summed E-state index contributed by atoms with van der Waals surface area (Å²) in [7, 11) is 0. The molecule has 180 valence electrons. The van der Waals surface area contributed by atoms with Crippen LogP contribution in [0.3, 0.4) is 0 Å². The number of nitrogens with two attached hydrogens (primary N) is 1. The van der Waals surface area contributed by atoms with Crippen molar-refractivity contribution in [1.82, 2.24) is 19.7 Å². The van der Waals surface area contributed by atoms with E-state index >= 15 is 0 Å². The van der Waals surface area contributed by atoms with Crippen LogP contribution in [-0.4, -0.2) is 30.3 Å². The SMILES string of the molecule is CC1C(C(N)=S)=CC=CC1(C)Oc1ccc2c(-c3c(-c4ccccn4)nn4c3CCC4)ccnc2c1. The molecule has 1 aromatic carbocycles. The van der Waals surface area contributed by atoms with Crippen molar-refractivity contribution in [1.29, 1.82) is 0 Å². The lowest BCUT2D eigenvalue weighted by atomic mass is 9.80. The number of rotatable bonds is 5. The molecule has 0 saturated heterocycles. The Hall–Kier alpha value is -3.84. The Labute approximate surface area is 215 Å². The Bertz CT molecular complexity index is 1550. The average molecular weight is 494 g/mol. The van der Waals surface area contributed by atoms with Crippen LogP contribution in [0.15, 0.2) is 78.7 Å². The van der Waals surface area contributed by atoms with Crippen LogP contribution in [0.2, 0.25) is 0 Å². The Morgan fingerprint density at radius 1 is 1.17 bits per heavy atom. The first-order valence-electron chi connectivity index (χ1n) is 12.2. The summed E-state index contributed by atoms with van der Waals surface area (Å²) in [5.41, 5.74) is 12.5. The third kappa shape index (κ3) is 3.71. The highest BCUT2D eigenvalue weighted by Crippen LogP contribution is 2.41. The van der Waals surface area contributed by atoms with Gasteiger partial charge in [-0.2, -0.15) is 5.10 Å². The van der Waals surface area contributed by atoms with E-state index in [1.165, 1.54) is 5.69 Å². The van der Waals surface area contributed by atoms with Crippen molar-refractivity contribution < 1.29 is 4.74 Å². The minimum atomic E-state index is -0.571. The highest BCUT2D eigenvalue weighted by molar-refractivity contribution is 7.80. The number of ether oxygens (including phenoxy) is 1. The molecule has 0 fully saturated rings. The van der Waals surface area contributed by atoms with E-state index in [2.05, 4.69) is 41.7 Å². The van der Waals surface area contributed by atoms with Crippen molar-refractivity contribution in [2.24, 2.45) is 11.7 Å². The number of aryl methyl sites for hydroxylation is 1. The summed E-state index contributed by atoms with van der Waals surface area (Å²) in [6.45, 7) is 5.08. The van der Waals surface area contributed by atoms with Gasteiger partial charge in [0.1, 0.15) is 17.0 Å². The Morgan fingerprint density at radius 3 is 2.86 bits per heavy atom. The van der Waals surface area contributed by atoms with Crippen LogP contribution < -0.4 is 10.5 Å². The molecule has 1 aliphatic heterocycles. The van der Waals surface area contributed by atoms with Gasteiger partial charge in [0.15, 0.2) is 0 Å². The predicted molar refractivity (Wildman–Crippen MR) is 147 cm³/mol. The summed E-state index contributed by atoms with van der Waals surface area (Å²) in [6.07, 6.45) is 11.8. The molecule has 6 nitrogen and oxygen atoms in total. The van der Waals surface area contributed by atoms with E-state index in [0.717, 1.165) is 64.1 Å². The van der Waals surface area contributed by atoms with E-state index in [-0.39, 0.29) is 5.92 Å². The number of fused-ring (bicyclic) bond motifs is 2. The van der Waals surface area contributed by atoms with Gasteiger partial charge in [-0.25, -0.2) is 0 Å². The summed E-state index contributed by atoms with van der Waals surface area (Å²) >= 11 is 5.25. The lowest BCUT2D eigenvalue weighted by molar-refractivity contribution is 0.0983. The van der Waals surface area contributed by atoms with Gasteiger partial charge in [0, 0.05) is 47.6 Å². The zero-order chi connectivity index (χ0) is 24.9. The van der Waals surface area contributed by atoms with E-state index in [9.17, 15) is 0 Å². The molecule has 6 rings (SSSR count). The van der Waals surface area contributed by atoms with Gasteiger partial charge in [-0.05, 0) is 67.3 Å². The summed E-state index contributed by atoms with van der Waals surface area (Å²) in [4.78, 5) is 9.70.